The molecule has 0 aromatic rings. The fraction of sp³-hybridized carbons (Fsp3) is 0.933. The number of ether oxygens (including phenoxy) is 1. The third-order valence-corrected chi connectivity index (χ3v) is 4.98. The van der Waals surface area contributed by atoms with Gasteiger partial charge in [0.15, 0.2) is 0 Å². The molecule has 5 heteroatoms. The van der Waals surface area contributed by atoms with E-state index in [-0.39, 0.29) is 6.09 Å². The maximum absolute atomic E-state index is 11.7. The Morgan fingerprint density at radius 3 is 2.65 bits per heavy atom. The van der Waals surface area contributed by atoms with Gasteiger partial charge in [-0.2, -0.15) is 11.8 Å². The lowest BCUT2D eigenvalue weighted by Crippen LogP contribution is -2.45. The molecule has 2 N–H and O–H groups in total. The summed E-state index contributed by atoms with van der Waals surface area (Å²) >= 11 is 2.05. The lowest BCUT2D eigenvalue weighted by molar-refractivity contribution is 0.0521. The van der Waals surface area contributed by atoms with Crippen molar-refractivity contribution in [2.24, 2.45) is 11.8 Å². The summed E-state index contributed by atoms with van der Waals surface area (Å²) < 4.78 is 5.29. The predicted octanol–water partition coefficient (Wildman–Crippen LogP) is 2.63. The first-order chi connectivity index (χ1) is 9.44. The van der Waals surface area contributed by atoms with Crippen LogP contribution in [0.3, 0.4) is 0 Å². The highest BCUT2D eigenvalue weighted by molar-refractivity contribution is 7.99. The number of carbonyl (C=O) groups is 1. The van der Waals surface area contributed by atoms with Gasteiger partial charge in [-0.1, -0.05) is 0 Å². The third-order valence-electron chi connectivity index (χ3n) is 3.75. The van der Waals surface area contributed by atoms with E-state index in [9.17, 15) is 4.79 Å². The zero-order valence-electron chi connectivity index (χ0n) is 12.9. The van der Waals surface area contributed by atoms with E-state index in [2.05, 4.69) is 22.4 Å². The van der Waals surface area contributed by atoms with Crippen LogP contribution in [0.2, 0.25) is 0 Å². The van der Waals surface area contributed by atoms with Gasteiger partial charge in [-0.25, -0.2) is 4.79 Å². The first kappa shape index (κ1) is 16.0. The average molecular weight is 300 g/mol. The average Bonchev–Trinajstić information content (AvgIpc) is 3.03. The van der Waals surface area contributed by atoms with Gasteiger partial charge < -0.3 is 15.4 Å². The van der Waals surface area contributed by atoms with Crippen LogP contribution in [-0.4, -0.2) is 42.3 Å². The highest BCUT2D eigenvalue weighted by Gasteiger charge is 2.32. The molecule has 2 fully saturated rings. The van der Waals surface area contributed by atoms with E-state index < -0.39 is 5.60 Å². The number of carbonyl (C=O) groups excluding carboxylic acids is 1. The molecule has 0 spiro atoms. The molecule has 20 heavy (non-hydrogen) atoms. The van der Waals surface area contributed by atoms with E-state index in [1.165, 1.54) is 30.8 Å². The second kappa shape index (κ2) is 7.03. The van der Waals surface area contributed by atoms with Gasteiger partial charge in [0.25, 0.3) is 0 Å². The second-order valence-corrected chi connectivity index (χ2v) is 8.11. The summed E-state index contributed by atoms with van der Waals surface area (Å²) in [6.07, 6.45) is 3.59. The predicted molar refractivity (Wildman–Crippen MR) is 84.2 cm³/mol. The molecule has 2 aliphatic rings. The van der Waals surface area contributed by atoms with Crippen molar-refractivity contribution >= 4 is 17.9 Å². The van der Waals surface area contributed by atoms with Crippen LogP contribution in [0, 0.1) is 11.8 Å². The first-order valence-corrected chi connectivity index (χ1v) is 8.87. The Hall–Kier alpha value is -0.420. The summed E-state index contributed by atoms with van der Waals surface area (Å²) in [5.74, 6) is 4.13. The zero-order chi connectivity index (χ0) is 14.6. The summed E-state index contributed by atoms with van der Waals surface area (Å²) in [7, 11) is 0. The molecule has 0 aromatic carbocycles. The number of alkyl carbamates (subject to hydrolysis) is 1. The summed E-state index contributed by atoms with van der Waals surface area (Å²) in [6.45, 7) is 7.44. The standard InChI is InChI=1S/C15H28N2O2S/c1-15(2,3)19-14(18)17-9-13(12-4-5-12)16-8-11-6-7-20-10-11/h11-13,16H,4-10H2,1-3H3,(H,17,18). The van der Waals surface area contributed by atoms with Gasteiger partial charge in [-0.15, -0.1) is 0 Å². The molecule has 1 saturated carbocycles. The Balaban J connectivity index is 1.68. The van der Waals surface area contributed by atoms with Crippen molar-refractivity contribution in [1.29, 1.82) is 0 Å². The van der Waals surface area contributed by atoms with E-state index in [0.29, 0.717) is 12.6 Å². The topological polar surface area (TPSA) is 50.4 Å². The van der Waals surface area contributed by atoms with E-state index >= 15 is 0 Å². The van der Waals surface area contributed by atoms with Crippen LogP contribution >= 0.6 is 11.8 Å². The van der Waals surface area contributed by atoms with Gasteiger partial charge in [0, 0.05) is 12.6 Å². The highest BCUT2D eigenvalue weighted by Crippen LogP contribution is 2.33. The molecule has 0 radical (unpaired) electrons. The molecule has 1 saturated heterocycles. The molecular weight excluding hydrogens is 272 g/mol. The molecule has 2 unspecified atom stereocenters. The van der Waals surface area contributed by atoms with Crippen LogP contribution in [-0.2, 0) is 4.74 Å². The summed E-state index contributed by atoms with van der Waals surface area (Å²) in [5, 5.41) is 6.57. The normalized spacial score (nSPS) is 24.4. The van der Waals surface area contributed by atoms with Crippen molar-refractivity contribution in [2.75, 3.05) is 24.6 Å². The SMILES string of the molecule is CC(C)(C)OC(=O)NCC(NCC1CCSC1)C1CC1. The fourth-order valence-corrected chi connectivity index (χ4v) is 3.76. The van der Waals surface area contributed by atoms with Gasteiger partial charge in [-0.05, 0) is 69.9 Å². The Morgan fingerprint density at radius 1 is 1.35 bits per heavy atom. The van der Waals surface area contributed by atoms with Crippen LogP contribution in [0.1, 0.15) is 40.0 Å². The van der Waals surface area contributed by atoms with E-state index in [4.69, 9.17) is 4.74 Å². The van der Waals surface area contributed by atoms with Crippen LogP contribution < -0.4 is 10.6 Å². The Bertz CT molecular complexity index is 320. The first-order valence-electron chi connectivity index (χ1n) is 7.72. The molecule has 4 nitrogen and oxygen atoms in total. The molecule has 1 aliphatic carbocycles. The van der Waals surface area contributed by atoms with Crippen molar-refractivity contribution in [2.45, 2.75) is 51.7 Å². The molecule has 0 aromatic heterocycles. The molecule has 0 bridgehead atoms. The quantitative estimate of drug-likeness (QED) is 0.792. The van der Waals surface area contributed by atoms with Crippen molar-refractivity contribution in [1.82, 2.24) is 10.6 Å². The minimum Gasteiger partial charge on any atom is -0.444 e. The van der Waals surface area contributed by atoms with Crippen molar-refractivity contribution < 1.29 is 9.53 Å². The minimum atomic E-state index is -0.423. The zero-order valence-corrected chi connectivity index (χ0v) is 13.7. The van der Waals surface area contributed by atoms with Crippen LogP contribution in [0.25, 0.3) is 0 Å². The van der Waals surface area contributed by atoms with Gasteiger partial charge in [0.2, 0.25) is 0 Å². The lowest BCUT2D eigenvalue weighted by Gasteiger charge is -2.23. The number of hydrogen-bond donors (Lipinski definition) is 2. The summed E-state index contributed by atoms with van der Waals surface area (Å²) in [5.41, 5.74) is -0.423. The smallest absolute Gasteiger partial charge is 0.407 e. The van der Waals surface area contributed by atoms with Gasteiger partial charge in [-0.3, -0.25) is 0 Å². The molecule has 2 atom stereocenters. The monoisotopic (exact) mass is 300 g/mol. The van der Waals surface area contributed by atoms with Crippen molar-refractivity contribution in [3.63, 3.8) is 0 Å². The van der Waals surface area contributed by atoms with Gasteiger partial charge >= 0.3 is 6.09 Å². The maximum atomic E-state index is 11.7. The van der Waals surface area contributed by atoms with E-state index in [1.807, 2.05) is 20.8 Å². The Morgan fingerprint density at radius 2 is 2.10 bits per heavy atom. The summed E-state index contributed by atoms with van der Waals surface area (Å²) in [4.78, 5) is 11.7. The summed E-state index contributed by atoms with van der Waals surface area (Å²) in [6, 6.07) is 0.410. The van der Waals surface area contributed by atoms with Crippen molar-refractivity contribution in [3.05, 3.63) is 0 Å². The largest absolute Gasteiger partial charge is 0.444 e. The molecule has 116 valence electrons. The lowest BCUT2D eigenvalue weighted by atomic mass is 10.1. The third kappa shape index (κ3) is 5.92. The number of hydrogen-bond acceptors (Lipinski definition) is 4. The number of rotatable bonds is 6. The van der Waals surface area contributed by atoms with Crippen LogP contribution in [0.4, 0.5) is 4.79 Å². The Kier molecular flexibility index (Phi) is 5.61. The second-order valence-electron chi connectivity index (χ2n) is 6.96. The molecule has 1 heterocycles. The molecule has 1 aliphatic heterocycles. The van der Waals surface area contributed by atoms with Gasteiger partial charge in [0.05, 0.1) is 0 Å². The Labute approximate surface area is 126 Å². The highest BCUT2D eigenvalue weighted by atomic mass is 32.2. The van der Waals surface area contributed by atoms with Crippen LogP contribution in [0.15, 0.2) is 0 Å². The van der Waals surface area contributed by atoms with Crippen molar-refractivity contribution in [3.8, 4) is 0 Å². The minimum absolute atomic E-state index is 0.304. The molecule has 2 rings (SSSR count). The maximum Gasteiger partial charge on any atom is 0.407 e. The van der Waals surface area contributed by atoms with E-state index in [0.717, 1.165) is 18.4 Å². The van der Waals surface area contributed by atoms with Crippen LogP contribution in [0.5, 0.6) is 0 Å². The number of amides is 1. The van der Waals surface area contributed by atoms with E-state index in [1.54, 1.807) is 0 Å². The number of nitrogens with one attached hydrogen (secondary N) is 2. The fourth-order valence-electron chi connectivity index (χ4n) is 2.47. The number of thioether (sulfide) groups is 1. The molecular formula is C15H28N2O2S. The molecule has 1 amide bonds. The van der Waals surface area contributed by atoms with Gasteiger partial charge in [0.1, 0.15) is 5.60 Å².